The summed E-state index contributed by atoms with van der Waals surface area (Å²) < 4.78 is 12.3. The van der Waals surface area contributed by atoms with Gasteiger partial charge in [0, 0.05) is 5.92 Å². The summed E-state index contributed by atoms with van der Waals surface area (Å²) in [7, 11) is 0. The molecule has 1 aliphatic heterocycles. The Balaban J connectivity index is 1.45. The minimum atomic E-state index is -0.510. The molecular weight excluding hydrogens is 348 g/mol. The van der Waals surface area contributed by atoms with Gasteiger partial charge < -0.3 is 14.6 Å². The maximum Gasteiger partial charge on any atom is 0.169 e. The normalized spacial score (nSPS) is 53.0. The molecule has 0 radical (unpaired) electrons. The van der Waals surface area contributed by atoms with E-state index in [1.54, 1.807) is 5.57 Å². The summed E-state index contributed by atoms with van der Waals surface area (Å²) in [6.45, 7) is 10.9. The van der Waals surface area contributed by atoms with Gasteiger partial charge in [0.05, 0.1) is 18.8 Å². The Morgan fingerprint density at radius 1 is 0.929 bits per heavy atom. The summed E-state index contributed by atoms with van der Waals surface area (Å²) >= 11 is 0. The van der Waals surface area contributed by atoms with Gasteiger partial charge in [0.2, 0.25) is 0 Å². The number of rotatable bonds is 1. The largest absolute Gasteiger partial charge is 0.390 e. The molecule has 3 nitrogen and oxygen atoms in total. The van der Waals surface area contributed by atoms with E-state index in [-0.39, 0.29) is 5.79 Å². The van der Waals surface area contributed by atoms with Gasteiger partial charge in [0.15, 0.2) is 5.79 Å². The van der Waals surface area contributed by atoms with Crippen LogP contribution in [0.1, 0.15) is 85.5 Å². The van der Waals surface area contributed by atoms with Crippen LogP contribution in [0, 0.1) is 34.5 Å². The molecule has 5 aliphatic rings. The molecule has 0 spiro atoms. The first-order valence-corrected chi connectivity index (χ1v) is 11.9. The van der Waals surface area contributed by atoms with Crippen LogP contribution in [-0.2, 0) is 9.47 Å². The lowest BCUT2D eigenvalue weighted by atomic mass is 9.48. The number of allylic oxidation sites excluding steroid dienone is 1. The first-order valence-electron chi connectivity index (χ1n) is 11.9. The molecule has 4 aliphatic carbocycles. The van der Waals surface area contributed by atoms with E-state index < -0.39 is 5.60 Å². The Bertz CT molecular complexity index is 661. The quantitative estimate of drug-likeness (QED) is 0.605. The lowest BCUT2D eigenvalue weighted by Gasteiger charge is -2.57. The summed E-state index contributed by atoms with van der Waals surface area (Å²) in [5, 5.41) is 10.8. The van der Waals surface area contributed by atoms with Gasteiger partial charge in [-0.1, -0.05) is 25.5 Å². The molecule has 0 aromatic carbocycles. The van der Waals surface area contributed by atoms with E-state index in [1.807, 2.05) is 6.92 Å². The van der Waals surface area contributed by atoms with Crippen LogP contribution >= 0.6 is 0 Å². The van der Waals surface area contributed by atoms with E-state index in [1.165, 1.54) is 38.5 Å². The zero-order valence-corrected chi connectivity index (χ0v) is 18.4. The van der Waals surface area contributed by atoms with Crippen LogP contribution in [0.25, 0.3) is 0 Å². The van der Waals surface area contributed by atoms with Gasteiger partial charge in [-0.15, -0.1) is 0 Å². The number of aliphatic hydroxyl groups is 1. The van der Waals surface area contributed by atoms with Crippen molar-refractivity contribution in [1.29, 1.82) is 0 Å². The van der Waals surface area contributed by atoms with Gasteiger partial charge in [0.1, 0.15) is 0 Å². The summed E-state index contributed by atoms with van der Waals surface area (Å²) in [5.41, 5.74) is 1.71. The summed E-state index contributed by atoms with van der Waals surface area (Å²) in [4.78, 5) is 0. The van der Waals surface area contributed by atoms with Gasteiger partial charge in [-0.05, 0) is 100 Å². The van der Waals surface area contributed by atoms with Crippen LogP contribution in [0.3, 0.4) is 0 Å². The van der Waals surface area contributed by atoms with Crippen molar-refractivity contribution in [3.8, 4) is 0 Å². The van der Waals surface area contributed by atoms with Crippen molar-refractivity contribution in [2.45, 2.75) is 96.9 Å². The maximum absolute atomic E-state index is 10.8. The van der Waals surface area contributed by atoms with Crippen LogP contribution in [-0.4, -0.2) is 29.7 Å². The molecule has 1 heterocycles. The molecule has 1 N–H and O–H groups in total. The van der Waals surface area contributed by atoms with Crippen molar-refractivity contribution in [3.05, 3.63) is 11.6 Å². The van der Waals surface area contributed by atoms with E-state index in [0.29, 0.717) is 16.7 Å². The SMILES string of the molecule is CC1([C@H]2CC[C@H]3[C@@H]4CC=C5C[C@@](C)(O)CCC[C@]5(C)[C@H]4CC[C@]23C)OCCO1. The fourth-order valence-electron chi connectivity index (χ4n) is 8.70. The van der Waals surface area contributed by atoms with Crippen molar-refractivity contribution in [3.63, 3.8) is 0 Å². The van der Waals surface area contributed by atoms with Crippen LogP contribution in [0.15, 0.2) is 11.6 Å². The third-order valence-electron chi connectivity index (χ3n) is 10.1. The monoisotopic (exact) mass is 388 g/mol. The Hall–Kier alpha value is -0.380. The zero-order valence-electron chi connectivity index (χ0n) is 18.4. The van der Waals surface area contributed by atoms with E-state index in [2.05, 4.69) is 26.8 Å². The Labute approximate surface area is 171 Å². The van der Waals surface area contributed by atoms with Crippen molar-refractivity contribution < 1.29 is 14.6 Å². The van der Waals surface area contributed by atoms with Crippen molar-refractivity contribution in [2.24, 2.45) is 34.5 Å². The topological polar surface area (TPSA) is 38.7 Å². The molecule has 3 saturated carbocycles. The number of hydrogen-bond donors (Lipinski definition) is 1. The van der Waals surface area contributed by atoms with Crippen LogP contribution in [0.5, 0.6) is 0 Å². The molecule has 0 aromatic rings. The lowest BCUT2D eigenvalue weighted by molar-refractivity contribution is -0.214. The van der Waals surface area contributed by atoms with Gasteiger partial charge in [-0.2, -0.15) is 0 Å². The Kier molecular flexibility index (Phi) is 4.41. The molecule has 0 unspecified atom stereocenters. The molecule has 158 valence electrons. The number of hydrogen-bond acceptors (Lipinski definition) is 3. The molecule has 1 saturated heterocycles. The second-order valence-corrected chi connectivity index (χ2v) is 11.7. The highest BCUT2D eigenvalue weighted by molar-refractivity contribution is 5.25. The van der Waals surface area contributed by atoms with Gasteiger partial charge in [0.25, 0.3) is 0 Å². The average molecular weight is 389 g/mol. The molecule has 0 aromatic heterocycles. The van der Waals surface area contributed by atoms with Crippen molar-refractivity contribution in [1.82, 2.24) is 0 Å². The molecule has 0 bridgehead atoms. The maximum atomic E-state index is 10.8. The molecule has 4 fully saturated rings. The molecule has 0 amide bonds. The van der Waals surface area contributed by atoms with E-state index in [9.17, 15) is 5.11 Å². The smallest absolute Gasteiger partial charge is 0.169 e. The highest BCUT2D eigenvalue weighted by atomic mass is 16.7. The van der Waals surface area contributed by atoms with Gasteiger partial charge >= 0.3 is 0 Å². The van der Waals surface area contributed by atoms with Crippen molar-refractivity contribution in [2.75, 3.05) is 13.2 Å². The fraction of sp³-hybridized carbons (Fsp3) is 0.920. The molecular formula is C25H40O3. The zero-order chi connectivity index (χ0) is 19.8. The summed E-state index contributed by atoms with van der Waals surface area (Å²) in [6.07, 6.45) is 13.3. The first-order chi connectivity index (χ1) is 13.2. The van der Waals surface area contributed by atoms with E-state index in [0.717, 1.165) is 50.2 Å². The molecule has 5 rings (SSSR count). The lowest BCUT2D eigenvalue weighted by Crippen LogP contribution is -2.52. The summed E-state index contributed by atoms with van der Waals surface area (Å²) in [5.74, 6) is 2.54. The fourth-order valence-corrected chi connectivity index (χ4v) is 8.70. The highest BCUT2D eigenvalue weighted by Crippen LogP contribution is 2.68. The first kappa shape index (κ1) is 19.6. The van der Waals surface area contributed by atoms with E-state index in [4.69, 9.17) is 9.47 Å². The minimum absolute atomic E-state index is 0.299. The van der Waals surface area contributed by atoms with Crippen LogP contribution < -0.4 is 0 Å². The van der Waals surface area contributed by atoms with Crippen LogP contribution in [0.4, 0.5) is 0 Å². The van der Waals surface area contributed by atoms with Crippen LogP contribution in [0.2, 0.25) is 0 Å². The average Bonchev–Trinajstić information content (AvgIpc) is 3.17. The molecule has 7 atom stereocenters. The highest BCUT2D eigenvalue weighted by Gasteiger charge is 2.62. The van der Waals surface area contributed by atoms with Crippen molar-refractivity contribution >= 4 is 0 Å². The summed E-state index contributed by atoms with van der Waals surface area (Å²) in [6, 6.07) is 0. The Morgan fingerprint density at radius 3 is 2.43 bits per heavy atom. The minimum Gasteiger partial charge on any atom is -0.390 e. The molecule has 28 heavy (non-hydrogen) atoms. The Morgan fingerprint density at radius 2 is 1.68 bits per heavy atom. The number of ether oxygens (including phenoxy) is 2. The molecule has 3 heteroatoms. The predicted molar refractivity (Wildman–Crippen MR) is 111 cm³/mol. The van der Waals surface area contributed by atoms with Gasteiger partial charge in [-0.25, -0.2) is 0 Å². The van der Waals surface area contributed by atoms with Gasteiger partial charge in [-0.3, -0.25) is 0 Å². The van der Waals surface area contributed by atoms with E-state index >= 15 is 0 Å². The second kappa shape index (κ2) is 6.31. The third-order valence-corrected chi connectivity index (χ3v) is 10.1. The standard InChI is InChI=1S/C25H40O3/c1-22(26)11-5-12-23(2)17(16-22)6-7-18-19-8-9-21(25(4)27-14-15-28-25)24(19,3)13-10-20(18)23/h6,18-21,26H,5,7-16H2,1-4H3/t18-,19-,20-,21-,22-,23-,24-/m0/s1. The second-order valence-electron chi connectivity index (χ2n) is 11.7. The third kappa shape index (κ3) is 2.72. The predicted octanol–water partition coefficient (Wildman–Crippen LogP) is 5.47. The number of fused-ring (bicyclic) bond motifs is 5.